The molecule has 0 radical (unpaired) electrons. The number of fused-ring (bicyclic) bond motifs is 1. The van der Waals surface area contributed by atoms with Gasteiger partial charge in [-0.3, -0.25) is 0 Å². The maximum atomic E-state index is 13.4. The second-order valence-corrected chi connectivity index (χ2v) is 7.63. The van der Waals surface area contributed by atoms with E-state index >= 15 is 0 Å². The van der Waals surface area contributed by atoms with Crippen LogP contribution in [0, 0.1) is 5.82 Å². The molecule has 4 rings (SSSR count). The fourth-order valence-electron chi connectivity index (χ4n) is 3.97. The summed E-state index contributed by atoms with van der Waals surface area (Å²) in [6.45, 7) is 3.01. The van der Waals surface area contributed by atoms with E-state index in [9.17, 15) is 9.50 Å². The average Bonchev–Trinajstić information content (AvgIpc) is 3.08. The van der Waals surface area contributed by atoms with E-state index in [0.717, 1.165) is 67.2 Å². The molecule has 1 aliphatic carbocycles. The Bertz CT molecular complexity index is 930. The van der Waals surface area contributed by atoms with Crippen molar-refractivity contribution in [3.8, 4) is 11.1 Å². The summed E-state index contributed by atoms with van der Waals surface area (Å²) < 4.78 is 15.6. The Morgan fingerprint density at radius 3 is 2.64 bits per heavy atom. The van der Waals surface area contributed by atoms with Crippen molar-refractivity contribution in [3.05, 3.63) is 42.5 Å². The first-order valence-electron chi connectivity index (χ1n) is 10.2. The second-order valence-electron chi connectivity index (χ2n) is 7.63. The van der Waals surface area contributed by atoms with Crippen LogP contribution in [0.2, 0.25) is 0 Å². The van der Waals surface area contributed by atoms with Crippen LogP contribution in [0.4, 0.5) is 10.3 Å². The van der Waals surface area contributed by atoms with Crippen molar-refractivity contribution in [2.24, 2.45) is 0 Å². The number of benzene rings is 1. The maximum absolute atomic E-state index is 13.4. The van der Waals surface area contributed by atoms with Gasteiger partial charge in [0.05, 0.1) is 6.10 Å². The number of anilines is 1. The quantitative estimate of drug-likeness (QED) is 0.594. The minimum absolute atomic E-state index is 0.199. The van der Waals surface area contributed by atoms with Gasteiger partial charge in [-0.25, -0.2) is 9.37 Å². The summed E-state index contributed by atoms with van der Waals surface area (Å²) in [5.74, 6) is 0.397. The van der Waals surface area contributed by atoms with Crippen molar-refractivity contribution in [2.45, 2.75) is 57.6 Å². The fourth-order valence-corrected chi connectivity index (χ4v) is 3.97. The van der Waals surface area contributed by atoms with Crippen LogP contribution >= 0.6 is 0 Å². The molecule has 1 aromatic carbocycles. The number of hydrogen-bond donors (Lipinski definition) is 2. The van der Waals surface area contributed by atoms with Gasteiger partial charge in [0.1, 0.15) is 11.5 Å². The predicted molar refractivity (Wildman–Crippen MR) is 110 cm³/mol. The highest BCUT2D eigenvalue weighted by molar-refractivity contribution is 5.94. The number of halogens is 1. The largest absolute Gasteiger partial charge is 0.393 e. The number of aromatic nitrogens is 3. The smallest absolute Gasteiger partial charge is 0.224 e. The van der Waals surface area contributed by atoms with Gasteiger partial charge >= 0.3 is 0 Å². The number of nitrogens with one attached hydrogen (secondary N) is 1. The van der Waals surface area contributed by atoms with Crippen LogP contribution < -0.4 is 5.32 Å². The van der Waals surface area contributed by atoms with Gasteiger partial charge in [0.25, 0.3) is 0 Å². The summed E-state index contributed by atoms with van der Waals surface area (Å²) >= 11 is 0. The molecule has 148 valence electrons. The summed E-state index contributed by atoms with van der Waals surface area (Å²) in [5, 5.41) is 14.2. The van der Waals surface area contributed by atoms with E-state index in [0.29, 0.717) is 12.0 Å². The Balaban J connectivity index is 1.75. The van der Waals surface area contributed by atoms with Gasteiger partial charge in [-0.05, 0) is 49.8 Å². The van der Waals surface area contributed by atoms with Gasteiger partial charge < -0.3 is 15.0 Å². The normalized spacial score (nSPS) is 19.8. The second kappa shape index (κ2) is 8.27. The van der Waals surface area contributed by atoms with E-state index in [1.807, 2.05) is 6.20 Å². The van der Waals surface area contributed by atoms with E-state index < -0.39 is 0 Å². The molecule has 0 saturated heterocycles. The third-order valence-electron chi connectivity index (χ3n) is 5.60. The molecule has 3 aromatic rings. The molecule has 0 unspecified atom stereocenters. The minimum Gasteiger partial charge on any atom is -0.393 e. The van der Waals surface area contributed by atoms with E-state index in [-0.39, 0.29) is 11.9 Å². The van der Waals surface area contributed by atoms with E-state index in [1.54, 1.807) is 12.1 Å². The maximum Gasteiger partial charge on any atom is 0.224 e. The third kappa shape index (κ3) is 3.87. The van der Waals surface area contributed by atoms with Crippen molar-refractivity contribution in [3.63, 3.8) is 0 Å². The zero-order chi connectivity index (χ0) is 19.5. The van der Waals surface area contributed by atoms with Crippen molar-refractivity contribution in [2.75, 3.05) is 11.9 Å². The number of unbranched alkanes of at least 4 members (excludes halogenated alkanes) is 1. The lowest BCUT2D eigenvalue weighted by Crippen LogP contribution is -2.21. The van der Waals surface area contributed by atoms with Gasteiger partial charge in [-0.2, -0.15) is 4.98 Å². The highest BCUT2D eigenvalue weighted by Gasteiger charge is 2.24. The molecule has 0 bridgehead atoms. The van der Waals surface area contributed by atoms with Crippen molar-refractivity contribution in [1.29, 1.82) is 0 Å². The summed E-state index contributed by atoms with van der Waals surface area (Å²) in [7, 11) is 0. The molecule has 0 aliphatic heterocycles. The molecule has 0 amide bonds. The zero-order valence-corrected chi connectivity index (χ0v) is 16.2. The lowest BCUT2D eigenvalue weighted by atomic mass is 9.93. The summed E-state index contributed by atoms with van der Waals surface area (Å²) in [5.41, 5.74) is 2.87. The van der Waals surface area contributed by atoms with Crippen LogP contribution in [0.5, 0.6) is 0 Å². The molecule has 5 nitrogen and oxygen atoms in total. The van der Waals surface area contributed by atoms with Gasteiger partial charge in [-0.15, -0.1) is 0 Å². The van der Waals surface area contributed by atoms with Crippen LogP contribution in [-0.4, -0.2) is 32.3 Å². The molecular weight excluding hydrogens is 355 g/mol. The average molecular weight is 382 g/mol. The molecule has 2 N–H and O–H groups in total. The molecule has 0 atom stereocenters. The summed E-state index contributed by atoms with van der Waals surface area (Å²) in [4.78, 5) is 9.31. The number of aliphatic hydroxyl groups excluding tert-OH is 1. The first kappa shape index (κ1) is 18.9. The predicted octanol–water partition coefficient (Wildman–Crippen LogP) is 4.93. The third-order valence-corrected chi connectivity index (χ3v) is 5.60. The van der Waals surface area contributed by atoms with Gasteiger partial charge in [-0.1, -0.05) is 25.5 Å². The van der Waals surface area contributed by atoms with Crippen molar-refractivity contribution in [1.82, 2.24) is 14.5 Å². The first-order chi connectivity index (χ1) is 13.7. The van der Waals surface area contributed by atoms with Gasteiger partial charge in [0.2, 0.25) is 5.95 Å². The number of hydrogen-bond acceptors (Lipinski definition) is 4. The minimum atomic E-state index is -0.243. The van der Waals surface area contributed by atoms with Gasteiger partial charge in [0.15, 0.2) is 0 Å². The summed E-state index contributed by atoms with van der Waals surface area (Å²) in [6, 6.07) is 6.87. The number of nitrogens with zero attached hydrogens (tertiary/aromatic N) is 3. The van der Waals surface area contributed by atoms with Gasteiger partial charge in [0, 0.05) is 35.9 Å². The summed E-state index contributed by atoms with van der Waals surface area (Å²) in [6.07, 6.45) is 9.44. The molecule has 0 spiro atoms. The molecule has 28 heavy (non-hydrogen) atoms. The molecule has 1 fully saturated rings. The van der Waals surface area contributed by atoms with E-state index in [1.165, 1.54) is 12.1 Å². The standard InChI is InChI=1S/C22H27FN4O/c1-2-3-12-24-22-25-13-19-20(15-4-6-16(23)7-5-15)14-27(21(19)26-22)17-8-10-18(28)11-9-17/h4-7,13-14,17-18,28H,2-3,8-12H2,1H3,(H,24,25,26). The Labute approximate surface area is 164 Å². The molecular formula is C22H27FN4O. The number of rotatable bonds is 6. The van der Waals surface area contributed by atoms with E-state index in [2.05, 4.69) is 28.0 Å². The SMILES string of the molecule is CCCCNc1ncc2c(-c3ccc(F)cc3)cn(C3CCC(O)CC3)c2n1. The van der Waals surface area contributed by atoms with Crippen molar-refractivity contribution < 1.29 is 9.50 Å². The highest BCUT2D eigenvalue weighted by atomic mass is 19.1. The zero-order valence-electron chi connectivity index (χ0n) is 16.2. The number of aliphatic hydroxyl groups is 1. The monoisotopic (exact) mass is 382 g/mol. The van der Waals surface area contributed by atoms with E-state index in [4.69, 9.17) is 4.98 Å². The van der Waals surface area contributed by atoms with Crippen molar-refractivity contribution >= 4 is 17.0 Å². The Kier molecular flexibility index (Phi) is 5.57. The molecule has 1 saturated carbocycles. The fraction of sp³-hybridized carbons (Fsp3) is 0.455. The lowest BCUT2D eigenvalue weighted by Gasteiger charge is -2.27. The highest BCUT2D eigenvalue weighted by Crippen LogP contribution is 2.36. The molecule has 1 aliphatic rings. The first-order valence-corrected chi connectivity index (χ1v) is 10.2. The lowest BCUT2D eigenvalue weighted by molar-refractivity contribution is 0.111. The topological polar surface area (TPSA) is 63.0 Å². The Morgan fingerprint density at radius 1 is 1.18 bits per heavy atom. The van der Waals surface area contributed by atoms with Crippen LogP contribution in [0.1, 0.15) is 51.5 Å². The Hall–Kier alpha value is -2.47. The Morgan fingerprint density at radius 2 is 1.93 bits per heavy atom. The van der Waals surface area contributed by atoms with Crippen LogP contribution in [-0.2, 0) is 0 Å². The molecule has 6 heteroatoms. The molecule has 2 aromatic heterocycles. The van der Waals surface area contributed by atoms with Crippen LogP contribution in [0.15, 0.2) is 36.7 Å². The van der Waals surface area contributed by atoms with Crippen LogP contribution in [0.3, 0.4) is 0 Å². The molecule has 2 heterocycles. The van der Waals surface area contributed by atoms with Crippen LogP contribution in [0.25, 0.3) is 22.2 Å².